The highest BCUT2D eigenvalue weighted by atomic mass is 16.5. The number of carbonyl (C=O) groups is 1. The van der Waals surface area contributed by atoms with Crippen LogP contribution in [-0.4, -0.2) is 23.2 Å². The van der Waals surface area contributed by atoms with Crippen molar-refractivity contribution in [3.63, 3.8) is 0 Å². The Morgan fingerprint density at radius 2 is 1.81 bits per heavy atom. The first kappa shape index (κ1) is 15.8. The number of hydrogen-bond acceptors (Lipinski definition) is 4. The van der Waals surface area contributed by atoms with Crippen molar-refractivity contribution in [2.75, 3.05) is 0 Å². The number of phenols is 1. The normalized spacial score (nSPS) is 27.1. The molecular formula is C17H25NO3. The van der Waals surface area contributed by atoms with Crippen LogP contribution in [0.3, 0.4) is 0 Å². The molecule has 0 amide bonds. The highest BCUT2D eigenvalue weighted by molar-refractivity contribution is 5.76. The van der Waals surface area contributed by atoms with Gasteiger partial charge in [0.1, 0.15) is 17.9 Å². The summed E-state index contributed by atoms with van der Waals surface area (Å²) in [6.45, 7) is 4.40. The SMILES string of the molecule is CC1CC(C)CC(OC(=O)C(N)Cc2ccc(O)cc2)C1. The molecule has 0 saturated heterocycles. The second-order valence-corrected chi connectivity index (χ2v) is 6.45. The van der Waals surface area contributed by atoms with E-state index in [0.717, 1.165) is 18.4 Å². The van der Waals surface area contributed by atoms with Gasteiger partial charge in [0, 0.05) is 0 Å². The molecule has 4 heteroatoms. The molecule has 2 rings (SSSR count). The standard InChI is InChI=1S/C17H25NO3/c1-11-7-12(2)9-15(8-11)21-17(20)16(18)10-13-3-5-14(19)6-4-13/h3-6,11-12,15-16,19H,7-10,18H2,1-2H3. The number of nitrogens with two attached hydrogens (primary N) is 1. The maximum atomic E-state index is 12.1. The third-order valence-corrected chi connectivity index (χ3v) is 4.11. The van der Waals surface area contributed by atoms with Gasteiger partial charge in [0.15, 0.2) is 0 Å². The Hall–Kier alpha value is -1.55. The van der Waals surface area contributed by atoms with Gasteiger partial charge in [0.05, 0.1) is 0 Å². The van der Waals surface area contributed by atoms with Crippen molar-refractivity contribution in [2.45, 2.75) is 51.7 Å². The van der Waals surface area contributed by atoms with E-state index >= 15 is 0 Å². The third kappa shape index (κ3) is 4.74. The summed E-state index contributed by atoms with van der Waals surface area (Å²) in [5.41, 5.74) is 6.86. The minimum Gasteiger partial charge on any atom is -0.508 e. The first-order valence-corrected chi connectivity index (χ1v) is 7.68. The van der Waals surface area contributed by atoms with Crippen molar-refractivity contribution in [1.82, 2.24) is 0 Å². The van der Waals surface area contributed by atoms with Crippen LogP contribution in [-0.2, 0) is 16.0 Å². The lowest BCUT2D eigenvalue weighted by molar-refractivity contribution is -0.153. The Morgan fingerprint density at radius 1 is 1.24 bits per heavy atom. The first-order chi connectivity index (χ1) is 9.94. The molecular weight excluding hydrogens is 266 g/mol. The molecule has 0 spiro atoms. The maximum Gasteiger partial charge on any atom is 0.323 e. The van der Waals surface area contributed by atoms with Crippen molar-refractivity contribution >= 4 is 5.97 Å². The second-order valence-electron chi connectivity index (χ2n) is 6.45. The molecule has 0 aliphatic heterocycles. The molecule has 1 aliphatic rings. The number of rotatable bonds is 4. The van der Waals surface area contributed by atoms with Gasteiger partial charge in [-0.15, -0.1) is 0 Å². The van der Waals surface area contributed by atoms with Crippen LogP contribution in [0.5, 0.6) is 5.75 Å². The molecule has 0 bridgehead atoms. The van der Waals surface area contributed by atoms with Gasteiger partial charge in [-0.3, -0.25) is 4.79 Å². The van der Waals surface area contributed by atoms with Crippen LogP contribution in [0.2, 0.25) is 0 Å². The molecule has 3 unspecified atom stereocenters. The van der Waals surface area contributed by atoms with Gasteiger partial charge in [0.25, 0.3) is 0 Å². The van der Waals surface area contributed by atoms with Crippen LogP contribution >= 0.6 is 0 Å². The second kappa shape index (κ2) is 6.94. The Bertz CT molecular complexity index is 461. The zero-order valence-electron chi connectivity index (χ0n) is 12.8. The predicted octanol–water partition coefficient (Wildman–Crippen LogP) is 2.63. The first-order valence-electron chi connectivity index (χ1n) is 7.68. The van der Waals surface area contributed by atoms with Crippen molar-refractivity contribution in [1.29, 1.82) is 0 Å². The number of hydrogen-bond donors (Lipinski definition) is 2. The highest BCUT2D eigenvalue weighted by Crippen LogP contribution is 2.30. The molecule has 1 fully saturated rings. The maximum absolute atomic E-state index is 12.1. The summed E-state index contributed by atoms with van der Waals surface area (Å²) in [6.07, 6.45) is 3.50. The minimum absolute atomic E-state index is 0.00196. The number of carbonyl (C=O) groups excluding carboxylic acids is 1. The van der Waals surface area contributed by atoms with Gasteiger partial charge in [-0.05, 0) is 55.2 Å². The fraction of sp³-hybridized carbons (Fsp3) is 0.588. The summed E-state index contributed by atoms with van der Waals surface area (Å²) in [6, 6.07) is 6.08. The molecule has 1 aromatic rings. The van der Waals surface area contributed by atoms with Gasteiger partial charge in [-0.2, -0.15) is 0 Å². The summed E-state index contributed by atoms with van der Waals surface area (Å²) in [4.78, 5) is 12.1. The van der Waals surface area contributed by atoms with Crippen LogP contribution in [0, 0.1) is 11.8 Å². The number of esters is 1. The largest absolute Gasteiger partial charge is 0.508 e. The van der Waals surface area contributed by atoms with E-state index in [1.54, 1.807) is 24.3 Å². The van der Waals surface area contributed by atoms with Gasteiger partial charge in [-0.25, -0.2) is 0 Å². The van der Waals surface area contributed by atoms with Crippen LogP contribution in [0.1, 0.15) is 38.7 Å². The number of benzene rings is 1. The summed E-state index contributed by atoms with van der Waals surface area (Å²) >= 11 is 0. The third-order valence-electron chi connectivity index (χ3n) is 4.11. The van der Waals surface area contributed by atoms with Gasteiger partial charge < -0.3 is 15.6 Å². The molecule has 3 N–H and O–H groups in total. The monoisotopic (exact) mass is 291 g/mol. The fourth-order valence-electron chi connectivity index (χ4n) is 3.19. The molecule has 0 heterocycles. The molecule has 3 atom stereocenters. The number of phenolic OH excluding ortho intramolecular Hbond substituents is 1. The Balaban J connectivity index is 1.86. The Labute approximate surface area is 126 Å². The molecule has 21 heavy (non-hydrogen) atoms. The molecule has 116 valence electrons. The summed E-state index contributed by atoms with van der Waals surface area (Å²) in [7, 11) is 0. The zero-order chi connectivity index (χ0) is 15.4. The average Bonchev–Trinajstić information content (AvgIpc) is 2.40. The van der Waals surface area contributed by atoms with E-state index in [1.807, 2.05) is 0 Å². The quantitative estimate of drug-likeness (QED) is 0.836. The zero-order valence-corrected chi connectivity index (χ0v) is 12.8. The van der Waals surface area contributed by atoms with Crippen molar-refractivity contribution in [3.05, 3.63) is 29.8 Å². The van der Waals surface area contributed by atoms with E-state index in [1.165, 1.54) is 6.42 Å². The van der Waals surface area contributed by atoms with Crippen LogP contribution in [0.25, 0.3) is 0 Å². The predicted molar refractivity (Wildman–Crippen MR) is 81.8 cm³/mol. The van der Waals surface area contributed by atoms with E-state index in [-0.39, 0.29) is 17.8 Å². The molecule has 0 radical (unpaired) electrons. The van der Waals surface area contributed by atoms with Crippen LogP contribution in [0.4, 0.5) is 0 Å². The van der Waals surface area contributed by atoms with E-state index in [4.69, 9.17) is 10.5 Å². The highest BCUT2D eigenvalue weighted by Gasteiger charge is 2.28. The lowest BCUT2D eigenvalue weighted by Crippen LogP contribution is -2.38. The lowest BCUT2D eigenvalue weighted by atomic mass is 9.82. The molecule has 4 nitrogen and oxygen atoms in total. The van der Waals surface area contributed by atoms with Crippen molar-refractivity contribution in [3.8, 4) is 5.75 Å². The summed E-state index contributed by atoms with van der Waals surface area (Å²) in [5.74, 6) is 1.08. The molecule has 1 aliphatic carbocycles. The van der Waals surface area contributed by atoms with Crippen LogP contribution in [0.15, 0.2) is 24.3 Å². The van der Waals surface area contributed by atoms with Crippen molar-refractivity contribution in [2.24, 2.45) is 17.6 Å². The summed E-state index contributed by atoms with van der Waals surface area (Å²) in [5, 5.41) is 9.24. The number of ether oxygens (including phenoxy) is 1. The van der Waals surface area contributed by atoms with E-state index in [9.17, 15) is 9.90 Å². The van der Waals surface area contributed by atoms with E-state index in [2.05, 4.69) is 13.8 Å². The van der Waals surface area contributed by atoms with E-state index in [0.29, 0.717) is 18.3 Å². The van der Waals surface area contributed by atoms with Gasteiger partial charge in [-0.1, -0.05) is 26.0 Å². The lowest BCUT2D eigenvalue weighted by Gasteiger charge is -2.31. The Kier molecular flexibility index (Phi) is 5.23. The fourth-order valence-corrected chi connectivity index (χ4v) is 3.19. The van der Waals surface area contributed by atoms with E-state index < -0.39 is 6.04 Å². The minimum atomic E-state index is -0.651. The molecule has 0 aromatic heterocycles. The van der Waals surface area contributed by atoms with Gasteiger partial charge in [0.2, 0.25) is 0 Å². The van der Waals surface area contributed by atoms with Crippen molar-refractivity contribution < 1.29 is 14.6 Å². The average molecular weight is 291 g/mol. The Morgan fingerprint density at radius 3 is 2.38 bits per heavy atom. The van der Waals surface area contributed by atoms with Crippen LogP contribution < -0.4 is 5.73 Å². The topological polar surface area (TPSA) is 72.5 Å². The summed E-state index contributed by atoms with van der Waals surface area (Å²) < 4.78 is 5.58. The molecule has 1 saturated carbocycles. The smallest absolute Gasteiger partial charge is 0.323 e. The molecule has 1 aromatic carbocycles. The number of aromatic hydroxyl groups is 1. The van der Waals surface area contributed by atoms with Gasteiger partial charge >= 0.3 is 5.97 Å².